The highest BCUT2D eigenvalue weighted by Crippen LogP contribution is 2.21. The van der Waals surface area contributed by atoms with Crippen molar-refractivity contribution in [3.8, 4) is 0 Å². The third-order valence-electron chi connectivity index (χ3n) is 1.54. The first kappa shape index (κ1) is 11.6. The van der Waals surface area contributed by atoms with E-state index in [1.807, 2.05) is 12.1 Å². The molecule has 76 valence electrons. The summed E-state index contributed by atoms with van der Waals surface area (Å²) in [6, 6.07) is 8.13. The number of hydrogen-bond acceptors (Lipinski definition) is 2. The fourth-order valence-electron chi connectivity index (χ4n) is 0.953. The molecule has 1 aromatic rings. The van der Waals surface area contributed by atoms with Crippen LogP contribution in [0.25, 0.3) is 0 Å². The minimum absolute atomic E-state index is 0.0276. The number of benzene rings is 1. The lowest BCUT2D eigenvalue weighted by Crippen LogP contribution is -2.22. The first-order valence-corrected chi connectivity index (χ1v) is 6.09. The molecule has 0 saturated heterocycles. The lowest BCUT2D eigenvalue weighted by atomic mass is 10.4. The van der Waals surface area contributed by atoms with Gasteiger partial charge in [0.2, 0.25) is 5.91 Å². The predicted octanol–water partition coefficient (Wildman–Crippen LogP) is 2.68. The minimum Gasteiger partial charge on any atom is -0.356 e. The average Bonchev–Trinajstić information content (AvgIpc) is 2.12. The standard InChI is InChI=1S/C10H12BrNOS/c1-8(13)12-5-6-14-10-4-2-3-9(11)7-10/h2-4,7H,5-6H2,1H3,(H,12,13). The Bertz CT molecular complexity index is 317. The van der Waals surface area contributed by atoms with Crippen LogP contribution < -0.4 is 5.32 Å². The molecule has 0 radical (unpaired) electrons. The van der Waals surface area contributed by atoms with Crippen molar-refractivity contribution in [1.82, 2.24) is 5.32 Å². The summed E-state index contributed by atoms with van der Waals surface area (Å²) in [5.41, 5.74) is 0. The summed E-state index contributed by atoms with van der Waals surface area (Å²) in [5, 5.41) is 2.76. The fraction of sp³-hybridized carbons (Fsp3) is 0.300. The first-order valence-electron chi connectivity index (χ1n) is 4.31. The molecule has 1 amide bonds. The Morgan fingerprint density at radius 2 is 2.36 bits per heavy atom. The second kappa shape index (κ2) is 6.09. The third-order valence-corrected chi connectivity index (χ3v) is 3.03. The van der Waals surface area contributed by atoms with Gasteiger partial charge in [0.1, 0.15) is 0 Å². The first-order chi connectivity index (χ1) is 6.68. The van der Waals surface area contributed by atoms with Crippen LogP contribution >= 0.6 is 27.7 Å². The molecule has 0 aliphatic carbocycles. The Balaban J connectivity index is 2.28. The van der Waals surface area contributed by atoms with Gasteiger partial charge in [-0.1, -0.05) is 22.0 Å². The summed E-state index contributed by atoms with van der Waals surface area (Å²) < 4.78 is 1.09. The van der Waals surface area contributed by atoms with E-state index < -0.39 is 0 Å². The van der Waals surface area contributed by atoms with Crippen molar-refractivity contribution in [2.75, 3.05) is 12.3 Å². The van der Waals surface area contributed by atoms with Crippen molar-refractivity contribution in [2.45, 2.75) is 11.8 Å². The van der Waals surface area contributed by atoms with Crippen LogP contribution in [0.5, 0.6) is 0 Å². The number of carbonyl (C=O) groups is 1. The largest absolute Gasteiger partial charge is 0.356 e. The average molecular weight is 274 g/mol. The van der Waals surface area contributed by atoms with Gasteiger partial charge >= 0.3 is 0 Å². The number of hydrogen-bond donors (Lipinski definition) is 1. The highest BCUT2D eigenvalue weighted by atomic mass is 79.9. The van der Waals surface area contributed by atoms with Crippen molar-refractivity contribution in [2.24, 2.45) is 0 Å². The quantitative estimate of drug-likeness (QED) is 0.675. The zero-order chi connectivity index (χ0) is 10.4. The SMILES string of the molecule is CC(=O)NCCSc1cccc(Br)c1. The summed E-state index contributed by atoms with van der Waals surface area (Å²) in [5.74, 6) is 0.926. The normalized spacial score (nSPS) is 9.86. The van der Waals surface area contributed by atoms with Crippen molar-refractivity contribution < 1.29 is 4.79 Å². The summed E-state index contributed by atoms with van der Waals surface area (Å²) in [6.45, 7) is 2.25. The van der Waals surface area contributed by atoms with Crippen LogP contribution in [-0.2, 0) is 4.79 Å². The zero-order valence-corrected chi connectivity index (χ0v) is 10.3. The topological polar surface area (TPSA) is 29.1 Å². The molecule has 0 atom stereocenters. The Morgan fingerprint density at radius 3 is 3.00 bits per heavy atom. The van der Waals surface area contributed by atoms with E-state index in [-0.39, 0.29) is 5.91 Å². The molecule has 0 aliphatic heterocycles. The summed E-state index contributed by atoms with van der Waals surface area (Å²) >= 11 is 5.14. The van der Waals surface area contributed by atoms with E-state index in [4.69, 9.17) is 0 Å². The van der Waals surface area contributed by atoms with Gasteiger partial charge in [0, 0.05) is 28.6 Å². The molecule has 0 fully saturated rings. The van der Waals surface area contributed by atoms with E-state index in [1.54, 1.807) is 11.8 Å². The zero-order valence-electron chi connectivity index (χ0n) is 7.92. The number of nitrogens with one attached hydrogen (secondary N) is 1. The molecular weight excluding hydrogens is 262 g/mol. The fourth-order valence-corrected chi connectivity index (χ4v) is 2.33. The van der Waals surface area contributed by atoms with Crippen LogP contribution in [0.2, 0.25) is 0 Å². The van der Waals surface area contributed by atoms with Gasteiger partial charge in [0.05, 0.1) is 0 Å². The predicted molar refractivity (Wildman–Crippen MR) is 63.5 cm³/mol. The number of carbonyl (C=O) groups excluding carboxylic acids is 1. The van der Waals surface area contributed by atoms with Gasteiger partial charge in [-0.05, 0) is 18.2 Å². The summed E-state index contributed by atoms with van der Waals surface area (Å²) in [4.78, 5) is 11.8. The molecule has 0 aromatic heterocycles. The maximum absolute atomic E-state index is 10.6. The molecule has 0 bridgehead atoms. The lowest BCUT2D eigenvalue weighted by molar-refractivity contribution is -0.118. The molecule has 1 aromatic carbocycles. The van der Waals surface area contributed by atoms with E-state index in [1.165, 1.54) is 11.8 Å². The van der Waals surface area contributed by atoms with Gasteiger partial charge in [0.15, 0.2) is 0 Å². The van der Waals surface area contributed by atoms with Crippen LogP contribution in [0.3, 0.4) is 0 Å². The smallest absolute Gasteiger partial charge is 0.216 e. The number of amides is 1. The second-order valence-electron chi connectivity index (χ2n) is 2.79. The van der Waals surface area contributed by atoms with Crippen molar-refractivity contribution in [3.63, 3.8) is 0 Å². The van der Waals surface area contributed by atoms with E-state index >= 15 is 0 Å². The number of halogens is 1. The summed E-state index contributed by atoms with van der Waals surface area (Å²) in [7, 11) is 0. The molecule has 1 N–H and O–H groups in total. The second-order valence-corrected chi connectivity index (χ2v) is 4.87. The van der Waals surface area contributed by atoms with Gasteiger partial charge in [-0.25, -0.2) is 0 Å². The van der Waals surface area contributed by atoms with Gasteiger partial charge in [0.25, 0.3) is 0 Å². The van der Waals surface area contributed by atoms with Gasteiger partial charge in [-0.2, -0.15) is 0 Å². The van der Waals surface area contributed by atoms with E-state index in [0.717, 1.165) is 10.2 Å². The maximum atomic E-state index is 10.6. The third kappa shape index (κ3) is 4.67. The highest BCUT2D eigenvalue weighted by molar-refractivity contribution is 9.10. The molecular formula is C10H12BrNOS. The molecule has 0 unspecified atom stereocenters. The molecule has 0 aliphatic rings. The van der Waals surface area contributed by atoms with E-state index in [2.05, 4.69) is 33.4 Å². The Morgan fingerprint density at radius 1 is 1.57 bits per heavy atom. The van der Waals surface area contributed by atoms with Gasteiger partial charge in [-0.3, -0.25) is 4.79 Å². The van der Waals surface area contributed by atoms with Crippen LogP contribution in [0, 0.1) is 0 Å². The summed E-state index contributed by atoms with van der Waals surface area (Å²) in [6.07, 6.45) is 0. The Labute approximate surface area is 96.6 Å². The van der Waals surface area contributed by atoms with Crippen molar-refractivity contribution in [1.29, 1.82) is 0 Å². The van der Waals surface area contributed by atoms with Crippen LogP contribution in [0.15, 0.2) is 33.6 Å². The van der Waals surface area contributed by atoms with Crippen molar-refractivity contribution >= 4 is 33.6 Å². The number of thioether (sulfide) groups is 1. The highest BCUT2D eigenvalue weighted by Gasteiger charge is 1.95. The molecule has 2 nitrogen and oxygen atoms in total. The minimum atomic E-state index is 0.0276. The number of rotatable bonds is 4. The van der Waals surface area contributed by atoms with Crippen molar-refractivity contribution in [3.05, 3.63) is 28.7 Å². The molecule has 14 heavy (non-hydrogen) atoms. The molecule has 0 saturated carbocycles. The van der Waals surface area contributed by atoms with Crippen LogP contribution in [0.4, 0.5) is 0 Å². The van der Waals surface area contributed by atoms with Crippen LogP contribution in [0.1, 0.15) is 6.92 Å². The Kier molecular flexibility index (Phi) is 5.04. The van der Waals surface area contributed by atoms with Gasteiger partial charge < -0.3 is 5.32 Å². The molecule has 4 heteroatoms. The Hall–Kier alpha value is -0.480. The molecule has 1 rings (SSSR count). The maximum Gasteiger partial charge on any atom is 0.216 e. The van der Waals surface area contributed by atoms with Crippen LogP contribution in [-0.4, -0.2) is 18.2 Å². The van der Waals surface area contributed by atoms with Gasteiger partial charge in [-0.15, -0.1) is 11.8 Å². The monoisotopic (exact) mass is 273 g/mol. The lowest BCUT2D eigenvalue weighted by Gasteiger charge is -2.02. The molecule has 0 spiro atoms. The van der Waals surface area contributed by atoms with E-state index in [9.17, 15) is 4.79 Å². The molecule has 0 heterocycles. The van der Waals surface area contributed by atoms with E-state index in [0.29, 0.717) is 6.54 Å².